The van der Waals surface area contributed by atoms with Gasteiger partial charge in [0, 0.05) is 25.2 Å². The number of aromatic nitrogens is 1. The number of hydrogen-bond acceptors (Lipinski definition) is 4. The molecule has 0 saturated carbocycles. The lowest BCUT2D eigenvalue weighted by Gasteiger charge is -2.12. The lowest BCUT2D eigenvalue weighted by Crippen LogP contribution is -2.08. The van der Waals surface area contributed by atoms with Crippen LogP contribution in [0.4, 0.5) is 0 Å². The average molecular weight is 327 g/mol. The first-order valence-corrected chi connectivity index (χ1v) is 8.37. The summed E-state index contributed by atoms with van der Waals surface area (Å²) in [5.74, 6) is 1.13. The van der Waals surface area contributed by atoms with E-state index in [1.807, 2.05) is 24.3 Å². The molecule has 24 heavy (non-hydrogen) atoms. The van der Waals surface area contributed by atoms with Crippen LogP contribution in [0.1, 0.15) is 43.2 Å². The zero-order chi connectivity index (χ0) is 17.2. The van der Waals surface area contributed by atoms with E-state index in [2.05, 4.69) is 24.0 Å². The van der Waals surface area contributed by atoms with Gasteiger partial charge >= 0.3 is 5.97 Å². The Balaban J connectivity index is 1.64. The molecule has 0 bridgehead atoms. The topological polar surface area (TPSA) is 48.4 Å². The normalized spacial score (nSPS) is 11.8. The smallest absolute Gasteiger partial charge is 0.305 e. The van der Waals surface area contributed by atoms with Gasteiger partial charge in [-0.25, -0.2) is 0 Å². The Bertz CT molecular complexity index is 628. The van der Waals surface area contributed by atoms with Crippen LogP contribution in [0, 0.1) is 0 Å². The Kier molecular flexibility index (Phi) is 7.27. The standard InChI is InChI=1S/C20H25NO3/c1-16(18-8-4-9-19(14-18)23-2)6-3-10-20(22)24-13-11-17-7-5-12-21-15-17/h4-5,7-9,12,14-16H,3,6,10-11,13H2,1-2H3. The molecule has 0 aliphatic rings. The van der Waals surface area contributed by atoms with Crippen molar-refractivity contribution in [2.75, 3.05) is 13.7 Å². The zero-order valence-corrected chi connectivity index (χ0v) is 14.4. The van der Waals surface area contributed by atoms with Gasteiger partial charge in [-0.2, -0.15) is 0 Å². The first-order chi connectivity index (χ1) is 11.7. The Morgan fingerprint density at radius 2 is 2.12 bits per heavy atom. The molecule has 0 aliphatic carbocycles. The number of ether oxygens (including phenoxy) is 2. The number of pyridine rings is 1. The van der Waals surface area contributed by atoms with Gasteiger partial charge in [-0.1, -0.05) is 25.1 Å². The average Bonchev–Trinajstić information content (AvgIpc) is 2.62. The van der Waals surface area contributed by atoms with Gasteiger partial charge in [0.2, 0.25) is 0 Å². The zero-order valence-electron chi connectivity index (χ0n) is 14.4. The van der Waals surface area contributed by atoms with Crippen LogP contribution in [0.5, 0.6) is 5.75 Å². The molecule has 0 saturated heterocycles. The highest BCUT2D eigenvalue weighted by Crippen LogP contribution is 2.24. The number of nitrogens with zero attached hydrogens (tertiary/aromatic N) is 1. The molecule has 4 heteroatoms. The summed E-state index contributed by atoms with van der Waals surface area (Å²) in [5, 5.41) is 0. The van der Waals surface area contributed by atoms with Gasteiger partial charge in [-0.3, -0.25) is 9.78 Å². The van der Waals surface area contributed by atoms with E-state index in [-0.39, 0.29) is 5.97 Å². The van der Waals surface area contributed by atoms with Crippen molar-refractivity contribution < 1.29 is 14.3 Å². The van der Waals surface area contributed by atoms with E-state index in [1.165, 1.54) is 5.56 Å². The number of carbonyl (C=O) groups is 1. The van der Waals surface area contributed by atoms with Crippen molar-refractivity contribution >= 4 is 5.97 Å². The quantitative estimate of drug-likeness (QED) is 0.649. The minimum atomic E-state index is -0.128. The molecule has 1 unspecified atom stereocenters. The maximum absolute atomic E-state index is 11.8. The van der Waals surface area contributed by atoms with Gasteiger partial charge in [0.15, 0.2) is 0 Å². The van der Waals surface area contributed by atoms with Crippen molar-refractivity contribution in [1.82, 2.24) is 4.98 Å². The molecule has 1 heterocycles. The largest absolute Gasteiger partial charge is 0.497 e. The highest BCUT2D eigenvalue weighted by molar-refractivity contribution is 5.69. The van der Waals surface area contributed by atoms with E-state index in [0.717, 1.165) is 24.2 Å². The number of carbonyl (C=O) groups excluding carboxylic acids is 1. The maximum atomic E-state index is 11.8. The number of rotatable bonds is 9. The number of methoxy groups -OCH3 is 1. The fourth-order valence-electron chi connectivity index (χ4n) is 2.57. The van der Waals surface area contributed by atoms with Crippen LogP contribution in [0.2, 0.25) is 0 Å². The second kappa shape index (κ2) is 9.71. The van der Waals surface area contributed by atoms with E-state index in [1.54, 1.807) is 19.5 Å². The van der Waals surface area contributed by atoms with Gasteiger partial charge in [-0.15, -0.1) is 0 Å². The van der Waals surface area contributed by atoms with Crippen LogP contribution in [-0.4, -0.2) is 24.7 Å². The molecule has 1 aromatic carbocycles. The third-order valence-corrected chi connectivity index (χ3v) is 4.06. The first-order valence-electron chi connectivity index (χ1n) is 8.37. The molecule has 4 nitrogen and oxygen atoms in total. The monoisotopic (exact) mass is 327 g/mol. The van der Waals surface area contributed by atoms with E-state index in [0.29, 0.717) is 25.4 Å². The lowest BCUT2D eigenvalue weighted by atomic mass is 9.95. The van der Waals surface area contributed by atoms with E-state index >= 15 is 0 Å². The predicted molar refractivity (Wildman–Crippen MR) is 94.2 cm³/mol. The Morgan fingerprint density at radius 3 is 2.88 bits per heavy atom. The predicted octanol–water partition coefficient (Wildman–Crippen LogP) is 4.15. The fraction of sp³-hybridized carbons (Fsp3) is 0.400. The minimum Gasteiger partial charge on any atom is -0.497 e. The molecule has 0 spiro atoms. The van der Waals surface area contributed by atoms with E-state index in [4.69, 9.17) is 9.47 Å². The Labute approximate surface area is 143 Å². The van der Waals surface area contributed by atoms with Crippen molar-refractivity contribution in [3.05, 3.63) is 59.9 Å². The van der Waals surface area contributed by atoms with Gasteiger partial charge in [-0.05, 0) is 48.1 Å². The number of hydrogen-bond donors (Lipinski definition) is 0. The molecule has 1 aromatic heterocycles. The summed E-state index contributed by atoms with van der Waals surface area (Å²) in [7, 11) is 1.67. The molecule has 0 aliphatic heterocycles. The van der Waals surface area contributed by atoms with Crippen molar-refractivity contribution in [3.63, 3.8) is 0 Å². The molecular formula is C20H25NO3. The first kappa shape index (κ1) is 18.0. The van der Waals surface area contributed by atoms with Crippen LogP contribution < -0.4 is 4.74 Å². The van der Waals surface area contributed by atoms with Crippen LogP contribution in [-0.2, 0) is 16.0 Å². The molecule has 0 N–H and O–H groups in total. The van der Waals surface area contributed by atoms with Crippen molar-refractivity contribution in [1.29, 1.82) is 0 Å². The summed E-state index contributed by atoms with van der Waals surface area (Å²) in [6.45, 7) is 2.58. The fourth-order valence-corrected chi connectivity index (χ4v) is 2.57. The molecular weight excluding hydrogens is 302 g/mol. The third kappa shape index (κ3) is 6.03. The summed E-state index contributed by atoms with van der Waals surface area (Å²) in [6.07, 6.45) is 6.47. The second-order valence-electron chi connectivity index (χ2n) is 5.90. The summed E-state index contributed by atoms with van der Waals surface area (Å²) in [5.41, 5.74) is 2.32. The highest BCUT2D eigenvalue weighted by Gasteiger charge is 2.09. The van der Waals surface area contributed by atoms with Crippen molar-refractivity contribution in [2.24, 2.45) is 0 Å². The second-order valence-corrected chi connectivity index (χ2v) is 5.90. The molecule has 2 rings (SSSR count). The molecule has 0 radical (unpaired) electrons. The third-order valence-electron chi connectivity index (χ3n) is 4.06. The summed E-state index contributed by atoms with van der Waals surface area (Å²) in [4.78, 5) is 15.8. The summed E-state index contributed by atoms with van der Waals surface area (Å²) in [6, 6.07) is 12.0. The van der Waals surface area contributed by atoms with Crippen LogP contribution >= 0.6 is 0 Å². The molecule has 0 amide bonds. The van der Waals surface area contributed by atoms with Crippen LogP contribution in [0.15, 0.2) is 48.8 Å². The highest BCUT2D eigenvalue weighted by atomic mass is 16.5. The summed E-state index contributed by atoms with van der Waals surface area (Å²) >= 11 is 0. The van der Waals surface area contributed by atoms with Gasteiger partial charge in [0.1, 0.15) is 5.75 Å². The van der Waals surface area contributed by atoms with Crippen molar-refractivity contribution in [3.8, 4) is 5.75 Å². The van der Waals surface area contributed by atoms with E-state index < -0.39 is 0 Å². The van der Waals surface area contributed by atoms with Crippen molar-refractivity contribution in [2.45, 2.75) is 38.5 Å². The molecule has 1 atom stereocenters. The molecule has 0 fully saturated rings. The lowest BCUT2D eigenvalue weighted by molar-refractivity contribution is -0.143. The molecule has 2 aromatic rings. The van der Waals surface area contributed by atoms with Crippen LogP contribution in [0.3, 0.4) is 0 Å². The number of benzene rings is 1. The molecule has 128 valence electrons. The van der Waals surface area contributed by atoms with E-state index in [9.17, 15) is 4.79 Å². The minimum absolute atomic E-state index is 0.128. The van der Waals surface area contributed by atoms with Gasteiger partial charge in [0.25, 0.3) is 0 Å². The SMILES string of the molecule is COc1cccc(C(C)CCCC(=O)OCCc2cccnc2)c1. The Hall–Kier alpha value is -2.36. The Morgan fingerprint density at radius 1 is 1.25 bits per heavy atom. The maximum Gasteiger partial charge on any atom is 0.305 e. The number of esters is 1. The van der Waals surface area contributed by atoms with Gasteiger partial charge in [0.05, 0.1) is 13.7 Å². The van der Waals surface area contributed by atoms with Gasteiger partial charge < -0.3 is 9.47 Å². The van der Waals surface area contributed by atoms with Crippen LogP contribution in [0.25, 0.3) is 0 Å². The summed E-state index contributed by atoms with van der Waals surface area (Å²) < 4.78 is 10.5.